The number of rotatable bonds is 6. The number of nitrogens with zero attached hydrogens (tertiary/aromatic N) is 2. The van der Waals surface area contributed by atoms with Crippen LogP contribution in [0.2, 0.25) is 0 Å². The first kappa shape index (κ1) is 20.6. The van der Waals surface area contributed by atoms with E-state index in [1.165, 1.54) is 49.8 Å². The Morgan fingerprint density at radius 1 is 1.13 bits per heavy atom. The highest BCUT2D eigenvalue weighted by Gasteiger charge is 2.11. The quantitative estimate of drug-likeness (QED) is 0.585. The number of carbonyl (C=O) groups excluding carboxylic acids is 3. The van der Waals surface area contributed by atoms with Gasteiger partial charge in [0.05, 0.1) is 24.3 Å². The normalized spacial score (nSPS) is 10.5. The van der Waals surface area contributed by atoms with Gasteiger partial charge in [-0.1, -0.05) is 0 Å². The summed E-state index contributed by atoms with van der Waals surface area (Å²) in [7, 11) is 1.21. The second-order valence-electron chi connectivity index (χ2n) is 6.22. The molecular weight excluding hydrogens is 395 g/mol. The molecule has 1 aromatic heterocycles. The molecule has 1 heterocycles. The van der Waals surface area contributed by atoms with Crippen LogP contribution in [-0.2, 0) is 20.9 Å². The Hall–Kier alpha value is -4.08. The lowest BCUT2D eigenvalue weighted by molar-refractivity contribution is -0.139. The van der Waals surface area contributed by atoms with Gasteiger partial charge in [-0.05, 0) is 42.5 Å². The number of esters is 1. The number of aromatic nitrogens is 2. The van der Waals surface area contributed by atoms with Crippen LogP contribution in [0, 0.1) is 5.82 Å². The molecule has 0 bridgehead atoms. The van der Waals surface area contributed by atoms with E-state index < -0.39 is 29.2 Å². The van der Waals surface area contributed by atoms with E-state index in [0.29, 0.717) is 11.2 Å². The van der Waals surface area contributed by atoms with Gasteiger partial charge in [-0.15, -0.1) is 0 Å². The summed E-state index contributed by atoms with van der Waals surface area (Å²) >= 11 is 0. The van der Waals surface area contributed by atoms with Gasteiger partial charge in [0.1, 0.15) is 18.9 Å². The number of hydrogen-bond donors (Lipinski definition) is 2. The smallest absolute Gasteiger partial charge is 0.325 e. The molecule has 0 saturated carbocycles. The van der Waals surface area contributed by atoms with Crippen molar-refractivity contribution in [3.05, 3.63) is 70.5 Å². The van der Waals surface area contributed by atoms with Gasteiger partial charge in [0.2, 0.25) is 5.91 Å². The van der Waals surface area contributed by atoms with Crippen LogP contribution in [0.25, 0.3) is 10.9 Å². The minimum absolute atomic E-state index is 0.0765. The zero-order valence-electron chi connectivity index (χ0n) is 15.8. The van der Waals surface area contributed by atoms with Gasteiger partial charge < -0.3 is 15.4 Å². The molecule has 3 rings (SSSR count). The minimum atomic E-state index is -0.576. The Bertz CT molecular complexity index is 1170. The third-order valence-corrected chi connectivity index (χ3v) is 4.15. The molecule has 2 N–H and O–H groups in total. The van der Waals surface area contributed by atoms with Crippen molar-refractivity contribution in [1.82, 2.24) is 14.9 Å². The highest BCUT2D eigenvalue weighted by atomic mass is 19.1. The highest BCUT2D eigenvalue weighted by molar-refractivity contribution is 5.97. The van der Waals surface area contributed by atoms with Crippen molar-refractivity contribution < 1.29 is 23.5 Å². The van der Waals surface area contributed by atoms with Crippen molar-refractivity contribution >= 4 is 34.4 Å². The number of fused-ring (bicyclic) bond motifs is 1. The molecule has 0 atom stereocenters. The summed E-state index contributed by atoms with van der Waals surface area (Å²) in [6.07, 6.45) is 1.22. The summed E-state index contributed by atoms with van der Waals surface area (Å²) in [5, 5.41) is 5.07. The van der Waals surface area contributed by atoms with Crippen LogP contribution in [0.5, 0.6) is 0 Å². The molecule has 2 aromatic carbocycles. The van der Waals surface area contributed by atoms with Gasteiger partial charge in [0, 0.05) is 11.3 Å². The summed E-state index contributed by atoms with van der Waals surface area (Å²) in [6, 6.07) is 9.60. The van der Waals surface area contributed by atoms with Gasteiger partial charge in [0.15, 0.2) is 0 Å². The molecule has 10 heteroatoms. The number of nitrogens with one attached hydrogen (secondary N) is 2. The maximum absolute atomic E-state index is 13.4. The maximum atomic E-state index is 13.4. The van der Waals surface area contributed by atoms with E-state index in [-0.39, 0.29) is 24.0 Å². The van der Waals surface area contributed by atoms with Crippen molar-refractivity contribution in [1.29, 1.82) is 0 Å². The molecule has 2 amide bonds. The number of hydrogen-bond acceptors (Lipinski definition) is 6. The van der Waals surface area contributed by atoms with Gasteiger partial charge in [0.25, 0.3) is 11.5 Å². The van der Waals surface area contributed by atoms with Gasteiger partial charge in [-0.3, -0.25) is 23.7 Å². The van der Waals surface area contributed by atoms with Crippen LogP contribution >= 0.6 is 0 Å². The summed E-state index contributed by atoms with van der Waals surface area (Å²) < 4.78 is 18.9. The van der Waals surface area contributed by atoms with Crippen LogP contribution in [0.1, 0.15) is 10.4 Å². The molecule has 0 unspecified atom stereocenters. The highest BCUT2D eigenvalue weighted by Crippen LogP contribution is 2.11. The lowest BCUT2D eigenvalue weighted by atomic mass is 10.2. The SMILES string of the molecule is COC(=O)CNC(=O)c1ccc(NC(=O)Cn2cnc3ccc(F)cc3c2=O)cc1. The van der Waals surface area contributed by atoms with Crippen molar-refractivity contribution in [2.24, 2.45) is 0 Å². The average Bonchev–Trinajstić information content (AvgIpc) is 2.74. The first-order chi connectivity index (χ1) is 14.4. The first-order valence-electron chi connectivity index (χ1n) is 8.77. The Morgan fingerprint density at radius 2 is 1.87 bits per heavy atom. The van der Waals surface area contributed by atoms with E-state index in [4.69, 9.17) is 0 Å². The number of halogens is 1. The van der Waals surface area contributed by atoms with Crippen LogP contribution in [0.3, 0.4) is 0 Å². The summed E-state index contributed by atoms with van der Waals surface area (Å²) in [6.45, 7) is -0.577. The van der Waals surface area contributed by atoms with E-state index in [0.717, 1.165) is 10.6 Å². The molecule has 0 aliphatic heterocycles. The largest absolute Gasteiger partial charge is 0.468 e. The summed E-state index contributed by atoms with van der Waals surface area (Å²) in [5.74, 6) is -2.12. The summed E-state index contributed by atoms with van der Waals surface area (Å²) in [5.41, 5.74) is 0.484. The lowest BCUT2D eigenvalue weighted by Crippen LogP contribution is -2.30. The summed E-state index contributed by atoms with van der Waals surface area (Å²) in [4.78, 5) is 51.7. The monoisotopic (exact) mass is 412 g/mol. The zero-order valence-corrected chi connectivity index (χ0v) is 15.8. The number of benzene rings is 2. The molecule has 0 aliphatic carbocycles. The van der Waals surface area contributed by atoms with Crippen LogP contribution < -0.4 is 16.2 Å². The lowest BCUT2D eigenvalue weighted by Gasteiger charge is -2.09. The number of ether oxygens (including phenoxy) is 1. The Kier molecular flexibility index (Phi) is 6.16. The standard InChI is InChI=1S/C20H17FN4O5/c1-30-18(27)9-22-19(28)12-2-5-14(6-3-12)24-17(26)10-25-11-23-16-7-4-13(21)8-15(16)20(25)29/h2-8,11H,9-10H2,1H3,(H,22,28)(H,24,26). The Labute approximate surface area is 169 Å². The molecule has 30 heavy (non-hydrogen) atoms. The van der Waals surface area contributed by atoms with E-state index >= 15 is 0 Å². The molecule has 0 fully saturated rings. The van der Waals surface area contributed by atoms with Crippen LogP contribution in [0.4, 0.5) is 10.1 Å². The Balaban J connectivity index is 1.64. The second kappa shape index (κ2) is 8.95. The zero-order chi connectivity index (χ0) is 21.7. The number of amides is 2. The van der Waals surface area contributed by atoms with Crippen LogP contribution in [0.15, 0.2) is 53.6 Å². The molecule has 0 aliphatic rings. The van der Waals surface area contributed by atoms with E-state index in [1.54, 1.807) is 0 Å². The maximum Gasteiger partial charge on any atom is 0.325 e. The first-order valence-corrected chi connectivity index (χ1v) is 8.77. The molecule has 0 spiro atoms. The average molecular weight is 412 g/mol. The van der Waals surface area contributed by atoms with Gasteiger partial charge in [-0.25, -0.2) is 9.37 Å². The third-order valence-electron chi connectivity index (χ3n) is 4.15. The molecule has 9 nitrogen and oxygen atoms in total. The van der Waals surface area contributed by atoms with E-state index in [9.17, 15) is 23.6 Å². The number of methoxy groups -OCH3 is 1. The fourth-order valence-corrected chi connectivity index (χ4v) is 2.63. The third kappa shape index (κ3) is 4.85. The Morgan fingerprint density at radius 3 is 2.57 bits per heavy atom. The second-order valence-corrected chi connectivity index (χ2v) is 6.22. The van der Waals surface area contributed by atoms with Gasteiger partial charge in [-0.2, -0.15) is 0 Å². The molecule has 0 saturated heterocycles. The minimum Gasteiger partial charge on any atom is -0.468 e. The fraction of sp³-hybridized carbons (Fsp3) is 0.150. The molecule has 3 aromatic rings. The fourth-order valence-electron chi connectivity index (χ4n) is 2.63. The molecule has 0 radical (unpaired) electrons. The van der Waals surface area contributed by atoms with Crippen molar-refractivity contribution in [3.63, 3.8) is 0 Å². The van der Waals surface area contributed by atoms with E-state index in [2.05, 4.69) is 20.4 Å². The van der Waals surface area contributed by atoms with Crippen molar-refractivity contribution in [2.75, 3.05) is 19.0 Å². The van der Waals surface area contributed by atoms with E-state index in [1.807, 2.05) is 0 Å². The van der Waals surface area contributed by atoms with Crippen molar-refractivity contribution in [3.8, 4) is 0 Å². The van der Waals surface area contributed by atoms with Gasteiger partial charge >= 0.3 is 5.97 Å². The number of carbonyl (C=O) groups is 3. The predicted octanol–water partition coefficient (Wildman–Crippen LogP) is 1.08. The number of anilines is 1. The van der Waals surface area contributed by atoms with Crippen molar-refractivity contribution in [2.45, 2.75) is 6.54 Å². The van der Waals surface area contributed by atoms with Crippen LogP contribution in [-0.4, -0.2) is 41.0 Å². The predicted molar refractivity (Wildman–Crippen MR) is 105 cm³/mol. The molecular formula is C20H17FN4O5. The topological polar surface area (TPSA) is 119 Å². The molecule has 154 valence electrons.